The molecule has 3 aromatic rings. The molecule has 6 heteroatoms. The van der Waals surface area contributed by atoms with Crippen LogP contribution in [0.25, 0.3) is 0 Å². The number of ketones is 1. The summed E-state index contributed by atoms with van der Waals surface area (Å²) in [6, 6.07) is 13.9. The quantitative estimate of drug-likeness (QED) is 0.723. The first-order chi connectivity index (χ1) is 11.2. The summed E-state index contributed by atoms with van der Waals surface area (Å²) in [5.74, 6) is 0.515. The van der Waals surface area contributed by atoms with Crippen molar-refractivity contribution in [2.24, 2.45) is 0 Å². The van der Waals surface area contributed by atoms with E-state index in [1.54, 1.807) is 24.3 Å². The van der Waals surface area contributed by atoms with Gasteiger partial charge in [-0.25, -0.2) is 9.67 Å². The van der Waals surface area contributed by atoms with Crippen LogP contribution in [0, 0.1) is 0 Å². The van der Waals surface area contributed by atoms with Crippen LogP contribution in [0.15, 0.2) is 61.2 Å². The molecule has 0 bridgehead atoms. The number of benzene rings is 2. The van der Waals surface area contributed by atoms with Crippen LogP contribution in [0.3, 0.4) is 0 Å². The standard InChI is InChI=1S/C17H12ClN3O2/c18-12-5-3-4-11(8-12)17-15(21-10-19-9-20-21)16(22)13-6-1-2-7-14(13)23-17/h1-10,15,17H/t15-,17+/m1/s1. The third-order valence-corrected chi connectivity index (χ3v) is 4.10. The molecule has 2 heterocycles. The molecular weight excluding hydrogens is 314 g/mol. The second-order valence-corrected chi connectivity index (χ2v) is 5.71. The van der Waals surface area contributed by atoms with Crippen LogP contribution in [0.1, 0.15) is 28.1 Å². The lowest BCUT2D eigenvalue weighted by Gasteiger charge is -2.32. The molecule has 1 aromatic heterocycles. The number of hydrogen-bond acceptors (Lipinski definition) is 4. The van der Waals surface area contributed by atoms with Gasteiger partial charge in [0.15, 0.2) is 17.9 Å². The number of halogens is 1. The number of hydrogen-bond donors (Lipinski definition) is 0. The van der Waals surface area contributed by atoms with E-state index in [-0.39, 0.29) is 5.78 Å². The number of ether oxygens (including phenoxy) is 1. The van der Waals surface area contributed by atoms with Crippen molar-refractivity contribution in [2.45, 2.75) is 12.1 Å². The molecule has 1 aliphatic rings. The zero-order chi connectivity index (χ0) is 15.8. The second kappa shape index (κ2) is 5.52. The summed E-state index contributed by atoms with van der Waals surface area (Å²) < 4.78 is 7.64. The summed E-state index contributed by atoms with van der Waals surface area (Å²) in [6.45, 7) is 0. The van der Waals surface area contributed by atoms with Gasteiger partial charge >= 0.3 is 0 Å². The van der Waals surface area contributed by atoms with Crippen LogP contribution in [0.4, 0.5) is 0 Å². The van der Waals surface area contributed by atoms with Crippen LogP contribution in [-0.4, -0.2) is 20.5 Å². The number of rotatable bonds is 2. The minimum Gasteiger partial charge on any atom is -0.482 e. The van der Waals surface area contributed by atoms with Crippen molar-refractivity contribution < 1.29 is 9.53 Å². The van der Waals surface area contributed by atoms with Crippen LogP contribution >= 0.6 is 11.6 Å². The van der Waals surface area contributed by atoms with Gasteiger partial charge in [0.05, 0.1) is 5.56 Å². The summed E-state index contributed by atoms with van der Waals surface area (Å²) in [6.07, 6.45) is 2.41. The average Bonchev–Trinajstić information content (AvgIpc) is 3.09. The monoisotopic (exact) mass is 325 g/mol. The number of aromatic nitrogens is 3. The normalized spacial score (nSPS) is 20.0. The Kier molecular flexibility index (Phi) is 3.35. The Morgan fingerprint density at radius 3 is 2.78 bits per heavy atom. The average molecular weight is 326 g/mol. The van der Waals surface area contributed by atoms with Gasteiger partial charge < -0.3 is 4.74 Å². The molecule has 5 nitrogen and oxygen atoms in total. The van der Waals surface area contributed by atoms with Crippen LogP contribution < -0.4 is 4.74 Å². The van der Waals surface area contributed by atoms with Crippen LogP contribution in [0.5, 0.6) is 5.75 Å². The molecule has 2 aromatic carbocycles. The number of Topliss-reactive ketones (excluding diaryl/α,β-unsaturated/α-hetero) is 1. The van der Waals surface area contributed by atoms with Gasteiger partial charge in [0.1, 0.15) is 18.4 Å². The van der Waals surface area contributed by atoms with Gasteiger partial charge in [-0.1, -0.05) is 35.9 Å². The predicted molar refractivity (Wildman–Crippen MR) is 84.7 cm³/mol. The third-order valence-electron chi connectivity index (χ3n) is 3.86. The van der Waals surface area contributed by atoms with Gasteiger partial charge in [0, 0.05) is 5.02 Å². The maximum Gasteiger partial charge on any atom is 0.195 e. The highest BCUT2D eigenvalue weighted by Crippen LogP contribution is 2.41. The fourth-order valence-corrected chi connectivity index (χ4v) is 3.02. The minimum atomic E-state index is -0.620. The Morgan fingerprint density at radius 1 is 1.13 bits per heavy atom. The molecule has 2 atom stereocenters. The fraction of sp³-hybridized carbons (Fsp3) is 0.118. The lowest BCUT2D eigenvalue weighted by atomic mass is 9.91. The Hall–Kier alpha value is -2.66. The Bertz CT molecular complexity index is 864. The van der Waals surface area contributed by atoms with Crippen molar-refractivity contribution >= 4 is 17.4 Å². The van der Waals surface area contributed by atoms with E-state index >= 15 is 0 Å². The van der Waals surface area contributed by atoms with Crippen molar-refractivity contribution in [3.63, 3.8) is 0 Å². The molecule has 0 fully saturated rings. The maximum atomic E-state index is 13.0. The molecule has 0 aliphatic carbocycles. The molecule has 1 aliphatic heterocycles. The molecular formula is C17H12ClN3O2. The molecule has 0 saturated heterocycles. The van der Waals surface area contributed by atoms with E-state index in [4.69, 9.17) is 16.3 Å². The molecule has 114 valence electrons. The van der Waals surface area contributed by atoms with Crippen molar-refractivity contribution in [2.75, 3.05) is 0 Å². The Balaban J connectivity index is 1.87. The first kappa shape index (κ1) is 14.0. The maximum absolute atomic E-state index is 13.0. The SMILES string of the molecule is O=C1c2ccccc2O[C@@H](c2cccc(Cl)c2)[C@@H]1n1cncn1. The van der Waals surface area contributed by atoms with Gasteiger partial charge in [0.2, 0.25) is 0 Å². The number of carbonyl (C=O) groups is 1. The first-order valence-electron chi connectivity index (χ1n) is 7.13. The van der Waals surface area contributed by atoms with Crippen molar-refractivity contribution in [3.8, 4) is 5.75 Å². The number of fused-ring (bicyclic) bond motifs is 1. The molecule has 0 spiro atoms. The van der Waals surface area contributed by atoms with Crippen LogP contribution in [-0.2, 0) is 0 Å². The summed E-state index contributed by atoms with van der Waals surface area (Å²) in [5.41, 5.74) is 1.37. The second-order valence-electron chi connectivity index (χ2n) is 5.27. The zero-order valence-electron chi connectivity index (χ0n) is 12.0. The Labute approximate surface area is 137 Å². The predicted octanol–water partition coefficient (Wildman–Crippen LogP) is 3.49. The van der Waals surface area contributed by atoms with E-state index in [1.165, 1.54) is 17.3 Å². The lowest BCUT2D eigenvalue weighted by Crippen LogP contribution is -2.34. The van der Waals surface area contributed by atoms with Gasteiger partial charge in [-0.2, -0.15) is 5.10 Å². The summed E-state index contributed by atoms with van der Waals surface area (Å²) >= 11 is 6.10. The van der Waals surface area contributed by atoms with Crippen LogP contribution in [0.2, 0.25) is 5.02 Å². The van der Waals surface area contributed by atoms with Gasteiger partial charge in [-0.05, 0) is 29.8 Å². The van der Waals surface area contributed by atoms with Gasteiger partial charge in [0.25, 0.3) is 0 Å². The van der Waals surface area contributed by atoms with Gasteiger partial charge in [-0.15, -0.1) is 0 Å². The summed E-state index contributed by atoms with van der Waals surface area (Å²) in [4.78, 5) is 16.9. The Morgan fingerprint density at radius 2 is 2.00 bits per heavy atom. The van der Waals surface area contributed by atoms with E-state index in [9.17, 15) is 4.79 Å². The van der Waals surface area contributed by atoms with E-state index in [2.05, 4.69) is 10.1 Å². The molecule has 4 rings (SSSR count). The number of para-hydroxylation sites is 1. The molecule has 0 saturated carbocycles. The molecule has 0 unspecified atom stereocenters. The van der Waals surface area contributed by atoms with E-state index in [1.807, 2.05) is 24.3 Å². The summed E-state index contributed by atoms with van der Waals surface area (Å²) in [5, 5.41) is 4.73. The van der Waals surface area contributed by atoms with Gasteiger partial charge in [-0.3, -0.25) is 4.79 Å². The van der Waals surface area contributed by atoms with E-state index < -0.39 is 12.1 Å². The van der Waals surface area contributed by atoms with E-state index in [0.717, 1.165) is 5.56 Å². The number of nitrogens with zero attached hydrogens (tertiary/aromatic N) is 3. The van der Waals surface area contributed by atoms with Crippen molar-refractivity contribution in [3.05, 3.63) is 77.3 Å². The minimum absolute atomic E-state index is 0.0534. The highest BCUT2D eigenvalue weighted by atomic mass is 35.5. The molecule has 0 amide bonds. The lowest BCUT2D eigenvalue weighted by molar-refractivity contribution is 0.0653. The summed E-state index contributed by atoms with van der Waals surface area (Å²) in [7, 11) is 0. The largest absolute Gasteiger partial charge is 0.482 e. The zero-order valence-corrected chi connectivity index (χ0v) is 12.7. The highest BCUT2D eigenvalue weighted by molar-refractivity contribution is 6.30. The smallest absolute Gasteiger partial charge is 0.195 e. The molecule has 0 N–H and O–H groups in total. The molecule has 0 radical (unpaired) electrons. The van der Waals surface area contributed by atoms with E-state index in [0.29, 0.717) is 16.3 Å². The van der Waals surface area contributed by atoms with Crippen molar-refractivity contribution in [1.29, 1.82) is 0 Å². The highest BCUT2D eigenvalue weighted by Gasteiger charge is 2.40. The number of carbonyl (C=O) groups excluding carboxylic acids is 1. The molecule has 23 heavy (non-hydrogen) atoms. The first-order valence-corrected chi connectivity index (χ1v) is 7.51. The third kappa shape index (κ3) is 2.39. The fourth-order valence-electron chi connectivity index (χ4n) is 2.82. The topological polar surface area (TPSA) is 57.0 Å². The van der Waals surface area contributed by atoms with Crippen molar-refractivity contribution in [1.82, 2.24) is 14.8 Å².